The monoisotopic (exact) mass is 921 g/mol. The van der Waals surface area contributed by atoms with Crippen LogP contribution < -0.4 is 0 Å². The van der Waals surface area contributed by atoms with Crippen LogP contribution in [0.2, 0.25) is 0 Å². The molecule has 0 spiro atoms. The molecule has 0 fully saturated rings. The van der Waals surface area contributed by atoms with Crippen LogP contribution in [0.1, 0.15) is 271 Å². The Kier molecular flexibility index (Phi) is 51.9. The number of carbonyl (C=O) groups is 3. The molecule has 0 saturated heterocycles. The first-order valence-electron chi connectivity index (χ1n) is 27.9. The van der Waals surface area contributed by atoms with E-state index in [0.29, 0.717) is 19.3 Å². The van der Waals surface area contributed by atoms with Gasteiger partial charge in [-0.15, -0.1) is 0 Å². The third-order valence-electron chi connectivity index (χ3n) is 11.9. The summed E-state index contributed by atoms with van der Waals surface area (Å²) in [4.78, 5) is 38.0. The van der Waals surface area contributed by atoms with Crippen LogP contribution in [0.3, 0.4) is 0 Å². The molecule has 0 aromatic heterocycles. The van der Waals surface area contributed by atoms with Crippen molar-refractivity contribution in [3.8, 4) is 0 Å². The predicted octanol–water partition coefficient (Wildman–Crippen LogP) is 18.6. The Hall–Kier alpha value is -3.15. The van der Waals surface area contributed by atoms with Gasteiger partial charge >= 0.3 is 17.9 Å². The molecular formula is C60H104O6. The van der Waals surface area contributed by atoms with E-state index in [9.17, 15) is 14.4 Å². The van der Waals surface area contributed by atoms with E-state index >= 15 is 0 Å². The molecule has 0 saturated carbocycles. The Morgan fingerprint density at radius 2 is 0.606 bits per heavy atom. The standard InChI is InChI=1S/C60H104O6/c1-4-7-10-13-16-19-22-24-25-26-27-28-29-30-31-32-33-34-35-36-39-41-44-47-50-53-59(62)65-56-57(55-64-58(61)52-49-46-43-40-37-21-18-15-12-9-6-3)66-60(63)54-51-48-45-42-38-23-20-17-14-11-8-5-2/h7,10,15-16,18-19,24-25,27-28,30-31,57H,4-6,8-9,11-14,17,20-23,26,29,32-56H2,1-3H3/b10-7-,18-15-,19-16-,25-24-,28-27-,31-30-. The van der Waals surface area contributed by atoms with Crippen molar-refractivity contribution in [3.05, 3.63) is 72.9 Å². The van der Waals surface area contributed by atoms with Crippen molar-refractivity contribution in [3.63, 3.8) is 0 Å². The smallest absolute Gasteiger partial charge is 0.306 e. The zero-order valence-electron chi connectivity index (χ0n) is 43.4. The second kappa shape index (κ2) is 54.5. The third-order valence-corrected chi connectivity index (χ3v) is 11.9. The molecule has 0 N–H and O–H groups in total. The predicted molar refractivity (Wildman–Crippen MR) is 284 cm³/mol. The van der Waals surface area contributed by atoms with Gasteiger partial charge in [-0.2, -0.15) is 0 Å². The quantitative estimate of drug-likeness (QED) is 0.0262. The number of carbonyl (C=O) groups excluding carboxylic acids is 3. The largest absolute Gasteiger partial charge is 0.462 e. The maximum atomic E-state index is 12.8. The highest BCUT2D eigenvalue weighted by molar-refractivity contribution is 5.71. The summed E-state index contributed by atoms with van der Waals surface area (Å²) in [6.07, 6.45) is 68.9. The Morgan fingerprint density at radius 1 is 0.318 bits per heavy atom. The molecule has 6 nitrogen and oxygen atoms in total. The SMILES string of the molecule is CC/C=C\C/C=C\C/C=C\C/C=C\C/C=C\CCCCCCCCCCCC(=O)OCC(COC(=O)CCCCCCC/C=C\CCCC)OC(=O)CCCCCCCCCCCCCC. The lowest BCUT2D eigenvalue weighted by Crippen LogP contribution is -2.30. The van der Waals surface area contributed by atoms with Crippen LogP contribution in [-0.4, -0.2) is 37.2 Å². The third kappa shape index (κ3) is 51.8. The summed E-state index contributed by atoms with van der Waals surface area (Å²) in [5.74, 6) is -0.888. The topological polar surface area (TPSA) is 78.9 Å². The minimum Gasteiger partial charge on any atom is -0.462 e. The van der Waals surface area contributed by atoms with E-state index in [1.807, 2.05) is 0 Å². The molecule has 0 aliphatic carbocycles. The fourth-order valence-corrected chi connectivity index (χ4v) is 7.74. The van der Waals surface area contributed by atoms with Crippen LogP contribution in [0, 0.1) is 0 Å². The zero-order chi connectivity index (χ0) is 47.9. The number of unbranched alkanes of at least 4 members (excludes halogenated alkanes) is 27. The number of ether oxygens (including phenoxy) is 3. The van der Waals surface area contributed by atoms with Crippen LogP contribution in [0.5, 0.6) is 0 Å². The highest BCUT2D eigenvalue weighted by Gasteiger charge is 2.19. The summed E-state index contributed by atoms with van der Waals surface area (Å²) < 4.78 is 16.8. The van der Waals surface area contributed by atoms with E-state index in [1.165, 1.54) is 128 Å². The van der Waals surface area contributed by atoms with Crippen LogP contribution in [-0.2, 0) is 28.6 Å². The maximum absolute atomic E-state index is 12.8. The molecule has 380 valence electrons. The molecule has 0 heterocycles. The fourth-order valence-electron chi connectivity index (χ4n) is 7.74. The zero-order valence-corrected chi connectivity index (χ0v) is 43.4. The lowest BCUT2D eigenvalue weighted by atomic mass is 10.0. The Morgan fingerprint density at radius 3 is 0.985 bits per heavy atom. The van der Waals surface area contributed by atoms with Gasteiger partial charge in [-0.25, -0.2) is 0 Å². The van der Waals surface area contributed by atoms with E-state index < -0.39 is 6.10 Å². The van der Waals surface area contributed by atoms with Crippen molar-refractivity contribution in [2.45, 2.75) is 277 Å². The number of esters is 3. The minimum atomic E-state index is -0.778. The van der Waals surface area contributed by atoms with Gasteiger partial charge in [-0.1, -0.05) is 241 Å². The summed E-state index contributed by atoms with van der Waals surface area (Å²) in [5, 5.41) is 0. The lowest BCUT2D eigenvalue weighted by Gasteiger charge is -2.18. The van der Waals surface area contributed by atoms with Crippen LogP contribution in [0.15, 0.2) is 72.9 Å². The van der Waals surface area contributed by atoms with Gasteiger partial charge < -0.3 is 14.2 Å². The van der Waals surface area contributed by atoms with Gasteiger partial charge in [-0.05, 0) is 83.5 Å². The maximum Gasteiger partial charge on any atom is 0.306 e. The average Bonchev–Trinajstić information content (AvgIpc) is 3.31. The van der Waals surface area contributed by atoms with Crippen LogP contribution in [0.25, 0.3) is 0 Å². The van der Waals surface area contributed by atoms with Crippen LogP contribution in [0.4, 0.5) is 0 Å². The number of rotatable bonds is 50. The summed E-state index contributed by atoms with van der Waals surface area (Å²) in [6.45, 7) is 6.48. The van der Waals surface area contributed by atoms with E-state index in [-0.39, 0.29) is 31.1 Å². The first kappa shape index (κ1) is 62.8. The van der Waals surface area contributed by atoms with Gasteiger partial charge in [-0.3, -0.25) is 14.4 Å². The van der Waals surface area contributed by atoms with Gasteiger partial charge in [0.25, 0.3) is 0 Å². The average molecular weight is 921 g/mol. The molecule has 0 aliphatic rings. The lowest BCUT2D eigenvalue weighted by molar-refractivity contribution is -0.167. The van der Waals surface area contributed by atoms with Crippen molar-refractivity contribution < 1.29 is 28.6 Å². The Balaban J connectivity index is 4.25. The molecule has 1 unspecified atom stereocenters. The highest BCUT2D eigenvalue weighted by atomic mass is 16.6. The molecule has 0 aromatic carbocycles. The molecular weight excluding hydrogens is 817 g/mol. The van der Waals surface area contributed by atoms with Crippen molar-refractivity contribution in [2.24, 2.45) is 0 Å². The summed E-state index contributed by atoms with van der Waals surface area (Å²) in [5.41, 5.74) is 0. The molecule has 66 heavy (non-hydrogen) atoms. The molecule has 1 atom stereocenters. The second-order valence-corrected chi connectivity index (χ2v) is 18.5. The number of hydrogen-bond acceptors (Lipinski definition) is 6. The molecule has 0 rings (SSSR count). The highest BCUT2D eigenvalue weighted by Crippen LogP contribution is 2.15. The summed E-state index contributed by atoms with van der Waals surface area (Å²) >= 11 is 0. The Bertz CT molecular complexity index is 1240. The van der Waals surface area contributed by atoms with Gasteiger partial charge in [0.1, 0.15) is 13.2 Å². The normalized spacial score (nSPS) is 12.6. The fraction of sp³-hybridized carbons (Fsp3) is 0.750. The molecule has 0 amide bonds. The van der Waals surface area contributed by atoms with Crippen LogP contribution >= 0.6 is 0 Å². The van der Waals surface area contributed by atoms with Gasteiger partial charge in [0.05, 0.1) is 0 Å². The van der Waals surface area contributed by atoms with E-state index in [2.05, 4.69) is 93.7 Å². The molecule has 0 aliphatic heterocycles. The summed E-state index contributed by atoms with van der Waals surface area (Å²) in [6, 6.07) is 0. The first-order chi connectivity index (χ1) is 32.5. The minimum absolute atomic E-state index is 0.0791. The Labute approximate surface area is 408 Å². The van der Waals surface area contributed by atoms with Gasteiger partial charge in [0.15, 0.2) is 6.10 Å². The molecule has 6 heteroatoms. The van der Waals surface area contributed by atoms with E-state index in [4.69, 9.17) is 14.2 Å². The van der Waals surface area contributed by atoms with Gasteiger partial charge in [0, 0.05) is 19.3 Å². The number of hydrogen-bond donors (Lipinski definition) is 0. The number of allylic oxidation sites excluding steroid dienone is 12. The van der Waals surface area contributed by atoms with Crippen molar-refractivity contribution >= 4 is 17.9 Å². The molecule has 0 bridgehead atoms. The molecule has 0 radical (unpaired) electrons. The van der Waals surface area contributed by atoms with Crippen molar-refractivity contribution in [2.75, 3.05) is 13.2 Å². The van der Waals surface area contributed by atoms with E-state index in [0.717, 1.165) is 103 Å². The molecule has 0 aromatic rings. The van der Waals surface area contributed by atoms with E-state index in [1.54, 1.807) is 0 Å². The first-order valence-corrected chi connectivity index (χ1v) is 27.9. The van der Waals surface area contributed by atoms with Crippen molar-refractivity contribution in [1.82, 2.24) is 0 Å². The van der Waals surface area contributed by atoms with Crippen molar-refractivity contribution in [1.29, 1.82) is 0 Å². The second-order valence-electron chi connectivity index (χ2n) is 18.5. The summed E-state index contributed by atoms with van der Waals surface area (Å²) in [7, 11) is 0. The van der Waals surface area contributed by atoms with Gasteiger partial charge in [0.2, 0.25) is 0 Å².